The molecule has 0 aromatic heterocycles. The van der Waals surface area contributed by atoms with Crippen molar-refractivity contribution in [3.63, 3.8) is 0 Å². The lowest BCUT2D eigenvalue weighted by molar-refractivity contribution is 0.590. The van der Waals surface area contributed by atoms with Gasteiger partial charge < -0.3 is 0 Å². The van der Waals surface area contributed by atoms with Gasteiger partial charge in [-0.3, -0.25) is 0 Å². The Hall–Kier alpha value is -11.7. The fourth-order valence-electron chi connectivity index (χ4n) is 16.1. The molecular formula is C99H78. The lowest BCUT2D eigenvalue weighted by Crippen LogP contribution is -2.10. The van der Waals surface area contributed by atoms with E-state index in [0.29, 0.717) is 0 Å². The molecule has 0 N–H and O–H groups in total. The molecule has 0 saturated carbocycles. The van der Waals surface area contributed by atoms with E-state index in [-0.39, 0.29) is 5.41 Å². The molecule has 99 heavy (non-hydrogen) atoms. The second-order valence-electron chi connectivity index (χ2n) is 28.2. The van der Waals surface area contributed by atoms with Crippen molar-refractivity contribution in [2.24, 2.45) is 0 Å². The van der Waals surface area contributed by atoms with Crippen LogP contribution in [0, 0.1) is 34.6 Å². The van der Waals surface area contributed by atoms with E-state index in [1.165, 1.54) is 197 Å². The first-order valence-electron chi connectivity index (χ1n) is 34.9. The summed E-state index contributed by atoms with van der Waals surface area (Å²) in [5, 5.41) is 23.3. The molecule has 0 amide bonds. The summed E-state index contributed by atoms with van der Waals surface area (Å²) in [5.41, 5.74) is 23.7. The van der Waals surface area contributed by atoms with Gasteiger partial charge in [0.15, 0.2) is 0 Å². The zero-order valence-corrected chi connectivity index (χ0v) is 57.7. The second-order valence-corrected chi connectivity index (χ2v) is 28.2. The minimum Gasteiger partial charge on any atom is -0.0616 e. The summed E-state index contributed by atoms with van der Waals surface area (Å²) in [6.07, 6.45) is 0. The number of hydrogen-bond donors (Lipinski definition) is 0. The van der Waals surface area contributed by atoms with E-state index in [1.54, 1.807) is 0 Å². The van der Waals surface area contributed by atoms with Crippen LogP contribution >= 0.6 is 0 Å². The third kappa shape index (κ3) is 11.6. The molecule has 474 valence electrons. The highest BCUT2D eigenvalue weighted by molar-refractivity contribution is 6.25. The maximum atomic E-state index is 2.34. The summed E-state index contributed by atoms with van der Waals surface area (Å²) in [7, 11) is 0. The highest BCUT2D eigenvalue weighted by atomic mass is 14.3. The molecule has 0 nitrogen and oxygen atoms in total. The van der Waals surface area contributed by atoms with Crippen molar-refractivity contribution in [1.29, 1.82) is 0 Å². The van der Waals surface area contributed by atoms with Crippen LogP contribution in [-0.2, 0) is 5.41 Å². The summed E-state index contributed by atoms with van der Waals surface area (Å²) >= 11 is 0. The summed E-state index contributed by atoms with van der Waals surface area (Å²) in [6, 6.07) is 120. The third-order valence-electron chi connectivity index (χ3n) is 20.4. The first-order chi connectivity index (χ1) is 48.3. The van der Waals surface area contributed by atoms with Crippen LogP contribution in [0.2, 0.25) is 0 Å². The van der Waals surface area contributed by atoms with Crippen LogP contribution < -0.4 is 0 Å². The second kappa shape index (κ2) is 25.7. The van der Waals surface area contributed by atoms with E-state index in [2.05, 4.69) is 383 Å². The molecule has 0 aliphatic carbocycles. The predicted octanol–water partition coefficient (Wildman–Crippen LogP) is 28.3. The van der Waals surface area contributed by atoms with Gasteiger partial charge in [0.2, 0.25) is 0 Å². The third-order valence-corrected chi connectivity index (χ3v) is 20.4. The zero-order valence-electron chi connectivity index (χ0n) is 57.7. The Labute approximate surface area is 581 Å². The molecule has 0 saturated heterocycles. The molecular weight excluding hydrogens is 1190 g/mol. The molecule has 0 aliphatic heterocycles. The number of rotatable bonds is 6. The van der Waals surface area contributed by atoms with Crippen molar-refractivity contribution in [3.05, 3.63) is 361 Å². The summed E-state index contributed by atoms with van der Waals surface area (Å²) in [6.45, 7) is 17.9. The maximum absolute atomic E-state index is 2.34. The van der Waals surface area contributed by atoms with E-state index in [4.69, 9.17) is 0 Å². The molecule has 0 aliphatic rings. The van der Waals surface area contributed by atoms with Gasteiger partial charge in [-0.15, -0.1) is 0 Å². The highest BCUT2D eigenvalue weighted by Gasteiger charge is 2.23. The van der Waals surface area contributed by atoms with Crippen molar-refractivity contribution >= 4 is 97.0 Å². The van der Waals surface area contributed by atoms with Gasteiger partial charge in [-0.2, -0.15) is 0 Å². The Balaban J connectivity index is 0.000000116. The normalized spacial score (nSPS) is 11.6. The van der Waals surface area contributed by atoms with Gasteiger partial charge in [-0.1, -0.05) is 347 Å². The van der Waals surface area contributed by atoms with Crippen molar-refractivity contribution in [2.75, 3.05) is 0 Å². The Morgan fingerprint density at radius 3 is 0.697 bits per heavy atom. The van der Waals surface area contributed by atoms with Crippen LogP contribution in [0.25, 0.3) is 164 Å². The van der Waals surface area contributed by atoms with Gasteiger partial charge in [-0.05, 0) is 239 Å². The molecule has 18 rings (SSSR count). The number of benzene rings is 18. The molecule has 0 atom stereocenters. The first kappa shape index (κ1) is 62.1. The largest absolute Gasteiger partial charge is 0.0616 e. The van der Waals surface area contributed by atoms with Crippen molar-refractivity contribution in [1.82, 2.24) is 0 Å². The van der Waals surface area contributed by atoms with E-state index in [0.717, 1.165) is 0 Å². The predicted molar refractivity (Wildman–Crippen MR) is 432 cm³/mol. The maximum Gasteiger partial charge on any atom is -0.00210 e. The van der Waals surface area contributed by atoms with E-state index in [1.807, 2.05) is 0 Å². The summed E-state index contributed by atoms with van der Waals surface area (Å²) in [4.78, 5) is 0. The lowest BCUT2D eigenvalue weighted by atomic mass is 9.83. The molecule has 18 aromatic carbocycles. The molecule has 0 unspecified atom stereocenters. The number of hydrogen-bond acceptors (Lipinski definition) is 0. The first-order valence-corrected chi connectivity index (χ1v) is 34.9. The smallest absolute Gasteiger partial charge is 0.00210 e. The minimum atomic E-state index is 0.141. The monoisotopic (exact) mass is 1270 g/mol. The van der Waals surface area contributed by atoms with Gasteiger partial charge in [0.1, 0.15) is 0 Å². The average Bonchev–Trinajstić information content (AvgIpc) is 0.745. The van der Waals surface area contributed by atoms with Crippen LogP contribution in [0.1, 0.15) is 54.2 Å². The number of fused-ring (bicyclic) bond motifs is 9. The van der Waals surface area contributed by atoms with Crippen LogP contribution in [0.5, 0.6) is 0 Å². The van der Waals surface area contributed by atoms with Crippen molar-refractivity contribution < 1.29 is 0 Å². The highest BCUT2D eigenvalue weighted by Crippen LogP contribution is 2.49. The van der Waals surface area contributed by atoms with Crippen LogP contribution in [-0.4, -0.2) is 0 Å². The Kier molecular flexibility index (Phi) is 16.1. The molecule has 0 spiro atoms. The van der Waals surface area contributed by atoms with Crippen LogP contribution in [0.15, 0.2) is 328 Å². The van der Waals surface area contributed by atoms with Gasteiger partial charge in [0, 0.05) is 0 Å². The minimum absolute atomic E-state index is 0.141. The van der Waals surface area contributed by atoms with Gasteiger partial charge in [0.05, 0.1) is 0 Å². The molecule has 18 aromatic rings. The Morgan fingerprint density at radius 2 is 0.404 bits per heavy atom. The molecule has 0 radical (unpaired) electrons. The standard InChI is InChI=1S/C34H28.C33H26.C32H24/c1-34(2,3)27-20-18-24(19-21-27)32-28-12-6-8-14-30(28)33(31-15-9-7-13-29(31)32)26-17-16-23-10-4-5-11-25(23)22-26;1-21-18-22(2)31(23(3)19-21)33-29-14-8-6-12-27(29)32(28-13-7-9-15-30(28)33)26-17-16-24-10-4-5-11-25(24)20-26;1-21-17-22(2)19-26(18-21)32-29-13-7-5-11-27(29)31(28-12-6-8-14-30(28)32)25-16-15-23-9-3-4-10-24(23)20-25/h4-22H,1-3H3;4-20H,1-3H3;3-20H,1-2H3. The lowest BCUT2D eigenvalue weighted by Gasteiger charge is -2.21. The van der Waals surface area contributed by atoms with E-state index in [9.17, 15) is 0 Å². The Morgan fingerprint density at radius 1 is 0.172 bits per heavy atom. The van der Waals surface area contributed by atoms with Crippen LogP contribution in [0.3, 0.4) is 0 Å². The zero-order chi connectivity index (χ0) is 67.5. The average molecular weight is 1270 g/mol. The van der Waals surface area contributed by atoms with E-state index >= 15 is 0 Å². The fraction of sp³-hybridized carbons (Fsp3) is 0.0909. The molecule has 0 heteroatoms. The van der Waals surface area contributed by atoms with Crippen molar-refractivity contribution in [3.8, 4) is 66.8 Å². The van der Waals surface area contributed by atoms with Crippen molar-refractivity contribution in [2.45, 2.75) is 60.8 Å². The van der Waals surface area contributed by atoms with Gasteiger partial charge in [-0.25, -0.2) is 0 Å². The molecule has 0 bridgehead atoms. The summed E-state index contributed by atoms with van der Waals surface area (Å²) in [5.74, 6) is 0. The molecule has 0 heterocycles. The van der Waals surface area contributed by atoms with Gasteiger partial charge in [0.25, 0.3) is 0 Å². The molecule has 0 fully saturated rings. The van der Waals surface area contributed by atoms with E-state index < -0.39 is 0 Å². The number of aryl methyl sites for hydroxylation is 5. The quantitative estimate of drug-likeness (QED) is 0.146. The summed E-state index contributed by atoms with van der Waals surface area (Å²) < 4.78 is 0. The van der Waals surface area contributed by atoms with Gasteiger partial charge >= 0.3 is 0 Å². The fourth-order valence-corrected chi connectivity index (χ4v) is 16.1. The topological polar surface area (TPSA) is 0 Å². The Bertz CT molecular complexity index is 5970. The SMILES string of the molecule is CC(C)(C)c1ccc(-c2c3ccccc3c(-c3ccc4ccccc4c3)c3ccccc23)cc1.Cc1cc(C)c(-c2c3ccccc3c(-c3ccc4ccccc4c3)c3ccccc23)c(C)c1.Cc1cc(C)cc(-c2c3ccccc3c(-c3ccc4ccccc4c3)c3ccccc23)c1. The van der Waals surface area contributed by atoms with Crippen LogP contribution in [0.4, 0.5) is 0 Å².